The third-order valence-corrected chi connectivity index (χ3v) is 3.69. The number of halogens is 1. The molecule has 3 heteroatoms. The minimum absolute atomic E-state index is 0.280. The van der Waals surface area contributed by atoms with Gasteiger partial charge in [-0.2, -0.15) is 0 Å². The molecule has 0 heterocycles. The normalized spacial score (nSPS) is 12.4. The molecule has 0 radical (unpaired) electrons. The van der Waals surface area contributed by atoms with Crippen LogP contribution < -0.4 is 4.74 Å². The van der Waals surface area contributed by atoms with Crippen LogP contribution in [-0.2, 0) is 0 Å². The molecule has 0 fully saturated rings. The molecule has 1 rings (SSSR count). The van der Waals surface area contributed by atoms with Gasteiger partial charge in [-0.3, -0.25) is 0 Å². The quantitative estimate of drug-likeness (QED) is 0.554. The maximum absolute atomic E-state index is 13.7. The van der Waals surface area contributed by atoms with Gasteiger partial charge in [-0.1, -0.05) is 57.9 Å². The minimum atomic E-state index is -0.652. The van der Waals surface area contributed by atoms with Crippen LogP contribution in [0.3, 0.4) is 0 Å². The fraction of sp³-hybridized carbons (Fsp3) is 0.667. The number of unbranched alkanes of at least 4 members (excludes halogenated alkanes) is 7. The highest BCUT2D eigenvalue weighted by Gasteiger charge is 2.07. The average molecular weight is 296 g/mol. The standard InChI is InChI=1S/C18H29FO2/c1-3-4-5-6-7-8-9-10-13-21-18-12-11-16(15(2)20)14-17(18)19/h11-12,14-15,20H,3-10,13H2,1-2H3. The molecule has 1 unspecified atom stereocenters. The Balaban J connectivity index is 2.13. The molecule has 120 valence electrons. The SMILES string of the molecule is CCCCCCCCCCOc1ccc(C(C)O)cc1F. The molecule has 21 heavy (non-hydrogen) atoms. The second kappa shape index (κ2) is 10.6. The monoisotopic (exact) mass is 296 g/mol. The summed E-state index contributed by atoms with van der Waals surface area (Å²) < 4.78 is 19.2. The first-order valence-electron chi connectivity index (χ1n) is 8.25. The lowest BCUT2D eigenvalue weighted by Crippen LogP contribution is -2.00. The maximum atomic E-state index is 13.7. The van der Waals surface area contributed by atoms with Gasteiger partial charge in [0.1, 0.15) is 0 Å². The van der Waals surface area contributed by atoms with E-state index >= 15 is 0 Å². The molecule has 0 saturated heterocycles. The molecule has 1 aromatic rings. The lowest BCUT2D eigenvalue weighted by molar-refractivity contribution is 0.198. The van der Waals surface area contributed by atoms with Gasteiger partial charge in [-0.05, 0) is 31.0 Å². The van der Waals surface area contributed by atoms with Crippen LogP contribution in [0.25, 0.3) is 0 Å². The van der Waals surface area contributed by atoms with Gasteiger partial charge in [0.05, 0.1) is 12.7 Å². The van der Waals surface area contributed by atoms with E-state index in [1.165, 1.54) is 44.6 Å². The van der Waals surface area contributed by atoms with Gasteiger partial charge >= 0.3 is 0 Å². The highest BCUT2D eigenvalue weighted by Crippen LogP contribution is 2.22. The molecule has 1 atom stereocenters. The van der Waals surface area contributed by atoms with Crippen LogP contribution in [0, 0.1) is 5.82 Å². The summed E-state index contributed by atoms with van der Waals surface area (Å²) in [5.41, 5.74) is 0.576. The van der Waals surface area contributed by atoms with Crippen molar-refractivity contribution < 1.29 is 14.2 Å². The van der Waals surface area contributed by atoms with Gasteiger partial charge in [-0.15, -0.1) is 0 Å². The van der Waals surface area contributed by atoms with Crippen molar-refractivity contribution in [2.75, 3.05) is 6.61 Å². The first-order chi connectivity index (χ1) is 10.1. The van der Waals surface area contributed by atoms with Crippen LogP contribution in [0.5, 0.6) is 5.75 Å². The molecule has 0 aromatic heterocycles. The first-order valence-corrected chi connectivity index (χ1v) is 8.25. The summed E-state index contributed by atoms with van der Waals surface area (Å²) in [6, 6.07) is 4.65. The number of benzene rings is 1. The summed E-state index contributed by atoms with van der Waals surface area (Å²) >= 11 is 0. The number of hydrogen-bond acceptors (Lipinski definition) is 2. The van der Waals surface area contributed by atoms with Crippen molar-refractivity contribution >= 4 is 0 Å². The molecule has 0 aliphatic rings. The Morgan fingerprint density at radius 3 is 2.24 bits per heavy atom. The van der Waals surface area contributed by atoms with E-state index in [-0.39, 0.29) is 5.75 Å². The van der Waals surface area contributed by atoms with Gasteiger partial charge in [0.15, 0.2) is 11.6 Å². The Kier molecular flexibility index (Phi) is 9.07. The number of aliphatic hydroxyl groups excluding tert-OH is 1. The Hall–Kier alpha value is -1.09. The fourth-order valence-corrected chi connectivity index (χ4v) is 2.31. The third kappa shape index (κ3) is 7.47. The highest BCUT2D eigenvalue weighted by atomic mass is 19.1. The van der Waals surface area contributed by atoms with Gasteiger partial charge < -0.3 is 9.84 Å². The van der Waals surface area contributed by atoms with Gasteiger partial charge in [0.25, 0.3) is 0 Å². The van der Waals surface area contributed by atoms with Crippen LogP contribution in [0.1, 0.15) is 76.9 Å². The van der Waals surface area contributed by atoms with Crippen LogP contribution in [0.15, 0.2) is 18.2 Å². The number of hydrogen-bond donors (Lipinski definition) is 1. The van der Waals surface area contributed by atoms with E-state index in [2.05, 4.69) is 6.92 Å². The molecule has 0 spiro atoms. The molecule has 1 N–H and O–H groups in total. The van der Waals surface area contributed by atoms with Crippen molar-refractivity contribution in [1.82, 2.24) is 0 Å². The van der Waals surface area contributed by atoms with E-state index in [0.717, 1.165) is 12.8 Å². The zero-order valence-corrected chi connectivity index (χ0v) is 13.4. The zero-order valence-electron chi connectivity index (χ0n) is 13.4. The van der Waals surface area contributed by atoms with Gasteiger partial charge in [0, 0.05) is 0 Å². The average Bonchev–Trinajstić information content (AvgIpc) is 2.46. The Morgan fingerprint density at radius 1 is 1.05 bits per heavy atom. The summed E-state index contributed by atoms with van der Waals surface area (Å²) in [7, 11) is 0. The molecule has 1 aromatic carbocycles. The minimum Gasteiger partial charge on any atom is -0.491 e. The zero-order chi connectivity index (χ0) is 15.5. The van der Waals surface area contributed by atoms with E-state index in [4.69, 9.17) is 4.74 Å². The Bertz CT molecular complexity index is 391. The van der Waals surface area contributed by atoms with E-state index < -0.39 is 11.9 Å². The lowest BCUT2D eigenvalue weighted by atomic mass is 10.1. The van der Waals surface area contributed by atoms with Crippen molar-refractivity contribution in [2.24, 2.45) is 0 Å². The number of aliphatic hydroxyl groups is 1. The van der Waals surface area contributed by atoms with Crippen molar-refractivity contribution in [1.29, 1.82) is 0 Å². The van der Waals surface area contributed by atoms with Gasteiger partial charge in [0.2, 0.25) is 0 Å². The van der Waals surface area contributed by atoms with E-state index in [9.17, 15) is 9.50 Å². The maximum Gasteiger partial charge on any atom is 0.165 e. The first kappa shape index (κ1) is 18.0. The van der Waals surface area contributed by atoms with Gasteiger partial charge in [-0.25, -0.2) is 4.39 Å². The molecule has 0 amide bonds. The van der Waals surface area contributed by atoms with E-state index in [1.54, 1.807) is 19.1 Å². The predicted molar refractivity (Wildman–Crippen MR) is 85.1 cm³/mol. The lowest BCUT2D eigenvalue weighted by Gasteiger charge is -2.10. The van der Waals surface area contributed by atoms with Crippen LogP contribution in [0.4, 0.5) is 4.39 Å². The smallest absolute Gasteiger partial charge is 0.165 e. The second-order valence-corrected chi connectivity index (χ2v) is 5.69. The van der Waals surface area contributed by atoms with Crippen LogP contribution >= 0.6 is 0 Å². The Labute approximate surface area is 128 Å². The predicted octanol–water partition coefficient (Wildman–Crippen LogP) is 5.40. The molecule has 0 saturated carbocycles. The fourth-order valence-electron chi connectivity index (χ4n) is 2.31. The summed E-state index contributed by atoms with van der Waals surface area (Å²) in [5.74, 6) is -0.115. The van der Waals surface area contributed by atoms with Crippen molar-refractivity contribution in [3.05, 3.63) is 29.6 Å². The van der Waals surface area contributed by atoms with Crippen LogP contribution in [0.2, 0.25) is 0 Å². The summed E-state index contributed by atoms with van der Waals surface area (Å²) in [4.78, 5) is 0. The number of ether oxygens (including phenoxy) is 1. The van der Waals surface area contributed by atoms with E-state index in [0.29, 0.717) is 12.2 Å². The second-order valence-electron chi connectivity index (χ2n) is 5.69. The van der Waals surface area contributed by atoms with E-state index in [1.807, 2.05) is 0 Å². The largest absolute Gasteiger partial charge is 0.491 e. The molecule has 0 aliphatic carbocycles. The van der Waals surface area contributed by atoms with Crippen molar-refractivity contribution in [3.63, 3.8) is 0 Å². The molecule has 0 aliphatic heterocycles. The molecular weight excluding hydrogens is 267 g/mol. The summed E-state index contributed by atoms with van der Waals surface area (Å²) in [6.45, 7) is 4.40. The molecule has 2 nitrogen and oxygen atoms in total. The molecule has 0 bridgehead atoms. The summed E-state index contributed by atoms with van der Waals surface area (Å²) in [5, 5.41) is 9.38. The topological polar surface area (TPSA) is 29.5 Å². The summed E-state index contributed by atoms with van der Waals surface area (Å²) in [6.07, 6.45) is 9.26. The highest BCUT2D eigenvalue weighted by molar-refractivity contribution is 5.30. The molecular formula is C18H29FO2. The number of rotatable bonds is 11. The Morgan fingerprint density at radius 2 is 1.67 bits per heavy atom. The van der Waals surface area contributed by atoms with Crippen molar-refractivity contribution in [2.45, 2.75) is 71.3 Å². The van der Waals surface area contributed by atoms with Crippen molar-refractivity contribution in [3.8, 4) is 5.75 Å². The third-order valence-electron chi connectivity index (χ3n) is 3.69. The van der Waals surface area contributed by atoms with Crippen LogP contribution in [-0.4, -0.2) is 11.7 Å².